The van der Waals surface area contributed by atoms with Gasteiger partial charge in [0.05, 0.1) is 5.69 Å². The van der Waals surface area contributed by atoms with Crippen molar-refractivity contribution in [3.8, 4) is 0 Å². The highest BCUT2D eigenvalue weighted by Crippen LogP contribution is 2.41. The third kappa shape index (κ3) is 2.83. The number of carboxylic acid groups (broad SMARTS) is 1. The van der Waals surface area contributed by atoms with Crippen LogP contribution in [0.2, 0.25) is 0 Å². The Morgan fingerprint density at radius 3 is 2.71 bits per heavy atom. The van der Waals surface area contributed by atoms with E-state index in [1.807, 2.05) is 50.2 Å². The Labute approximate surface area is 162 Å². The molecule has 2 aromatic heterocycles. The molecule has 28 heavy (non-hydrogen) atoms. The molecule has 0 spiro atoms. The number of furan rings is 1. The predicted molar refractivity (Wildman–Crippen MR) is 104 cm³/mol. The minimum Gasteiger partial charge on any atom is -0.480 e. The number of aryl methyl sites for hydroxylation is 1. The summed E-state index contributed by atoms with van der Waals surface area (Å²) in [5, 5.41) is 13.6. The molecule has 0 fully saturated rings. The fraction of sp³-hybridized carbons (Fsp3) is 0.333. The summed E-state index contributed by atoms with van der Waals surface area (Å²) in [6.07, 6.45) is 0.958. The summed E-state index contributed by atoms with van der Waals surface area (Å²) in [4.78, 5) is 29.8. The SMILES string of the molecule is CCNC(=O)N1[C@@H](c2ccc(CC)o2)c2[nH]c3ccccc3c2C[C@H]1C(=O)O. The average molecular weight is 381 g/mol. The van der Waals surface area contributed by atoms with Gasteiger partial charge in [-0.15, -0.1) is 0 Å². The quantitative estimate of drug-likeness (QED) is 0.645. The average Bonchev–Trinajstić information content (AvgIpc) is 3.31. The van der Waals surface area contributed by atoms with Gasteiger partial charge in [-0.2, -0.15) is 0 Å². The van der Waals surface area contributed by atoms with E-state index in [4.69, 9.17) is 4.42 Å². The van der Waals surface area contributed by atoms with Crippen LogP contribution < -0.4 is 5.32 Å². The highest BCUT2D eigenvalue weighted by Gasteiger charge is 2.44. The number of hydrogen-bond donors (Lipinski definition) is 3. The lowest BCUT2D eigenvalue weighted by Crippen LogP contribution is -2.54. The number of hydrogen-bond acceptors (Lipinski definition) is 3. The maximum atomic E-state index is 12.9. The van der Waals surface area contributed by atoms with Gasteiger partial charge >= 0.3 is 12.0 Å². The molecule has 2 atom stereocenters. The molecule has 7 nitrogen and oxygen atoms in total. The van der Waals surface area contributed by atoms with E-state index < -0.39 is 24.1 Å². The lowest BCUT2D eigenvalue weighted by molar-refractivity contribution is -0.143. The van der Waals surface area contributed by atoms with Gasteiger partial charge in [0.25, 0.3) is 0 Å². The van der Waals surface area contributed by atoms with Gasteiger partial charge in [-0.05, 0) is 30.7 Å². The van der Waals surface area contributed by atoms with Crippen LogP contribution in [0, 0.1) is 0 Å². The van der Waals surface area contributed by atoms with E-state index in [1.165, 1.54) is 4.90 Å². The predicted octanol–water partition coefficient (Wildman–Crippen LogP) is 3.45. The number of carbonyl (C=O) groups excluding carboxylic acids is 1. The van der Waals surface area contributed by atoms with E-state index in [9.17, 15) is 14.7 Å². The molecule has 3 N–H and O–H groups in total. The summed E-state index contributed by atoms with van der Waals surface area (Å²) >= 11 is 0. The molecular weight excluding hydrogens is 358 g/mol. The first-order chi connectivity index (χ1) is 13.5. The van der Waals surface area contributed by atoms with Crippen molar-refractivity contribution >= 4 is 22.9 Å². The van der Waals surface area contributed by atoms with Gasteiger partial charge in [-0.1, -0.05) is 25.1 Å². The zero-order chi connectivity index (χ0) is 19.8. The van der Waals surface area contributed by atoms with Crippen LogP contribution in [0.15, 0.2) is 40.8 Å². The molecule has 0 radical (unpaired) electrons. The molecule has 0 bridgehead atoms. The number of H-pyrrole nitrogens is 1. The molecule has 3 heterocycles. The second-order valence-electron chi connectivity index (χ2n) is 6.92. The third-order valence-corrected chi connectivity index (χ3v) is 5.28. The van der Waals surface area contributed by atoms with Gasteiger partial charge < -0.3 is 19.8 Å². The van der Waals surface area contributed by atoms with E-state index >= 15 is 0 Å². The summed E-state index contributed by atoms with van der Waals surface area (Å²) < 4.78 is 5.98. The lowest BCUT2D eigenvalue weighted by atomic mass is 9.90. The van der Waals surface area contributed by atoms with Gasteiger partial charge in [0, 0.05) is 30.3 Å². The normalized spacial score (nSPS) is 18.9. The second-order valence-corrected chi connectivity index (χ2v) is 6.92. The number of amides is 2. The number of fused-ring (bicyclic) bond motifs is 3. The summed E-state index contributed by atoms with van der Waals surface area (Å²) in [7, 11) is 0. The van der Waals surface area contributed by atoms with Crippen molar-refractivity contribution < 1.29 is 19.1 Å². The number of aromatic nitrogens is 1. The van der Waals surface area contributed by atoms with Crippen LogP contribution in [-0.4, -0.2) is 39.6 Å². The Balaban J connectivity index is 1.94. The minimum atomic E-state index is -1.03. The Morgan fingerprint density at radius 2 is 2.04 bits per heavy atom. The first kappa shape index (κ1) is 18.2. The number of benzene rings is 1. The lowest BCUT2D eigenvalue weighted by Gasteiger charge is -2.39. The van der Waals surface area contributed by atoms with E-state index in [-0.39, 0.29) is 6.42 Å². The number of carboxylic acids is 1. The maximum absolute atomic E-state index is 12.9. The van der Waals surface area contributed by atoms with Crippen LogP contribution in [0.5, 0.6) is 0 Å². The van der Waals surface area contributed by atoms with Crippen LogP contribution in [-0.2, 0) is 17.6 Å². The first-order valence-corrected chi connectivity index (χ1v) is 9.52. The summed E-state index contributed by atoms with van der Waals surface area (Å²) in [5.41, 5.74) is 2.65. The number of aliphatic carboxylic acids is 1. The molecule has 146 valence electrons. The van der Waals surface area contributed by atoms with Crippen LogP contribution >= 0.6 is 0 Å². The van der Waals surface area contributed by atoms with Gasteiger partial charge in [-0.3, -0.25) is 4.90 Å². The van der Waals surface area contributed by atoms with E-state index in [0.717, 1.165) is 34.3 Å². The molecule has 3 aromatic rings. The molecule has 1 aromatic carbocycles. The summed E-state index contributed by atoms with van der Waals surface area (Å²) in [5.74, 6) is 0.317. The number of carbonyl (C=O) groups is 2. The Morgan fingerprint density at radius 1 is 1.25 bits per heavy atom. The zero-order valence-electron chi connectivity index (χ0n) is 15.9. The van der Waals surface area contributed by atoms with Crippen LogP contribution in [0.1, 0.15) is 42.7 Å². The van der Waals surface area contributed by atoms with Gasteiger partial charge in [0.2, 0.25) is 0 Å². The maximum Gasteiger partial charge on any atom is 0.326 e. The Hall–Kier alpha value is -3.22. The number of para-hydroxylation sites is 1. The van der Waals surface area contributed by atoms with E-state index in [1.54, 1.807) is 0 Å². The topological polar surface area (TPSA) is 98.6 Å². The number of urea groups is 1. The van der Waals surface area contributed by atoms with Crippen molar-refractivity contribution in [3.05, 3.63) is 59.2 Å². The number of rotatable bonds is 4. The smallest absolute Gasteiger partial charge is 0.326 e. The van der Waals surface area contributed by atoms with Crippen molar-refractivity contribution in [1.82, 2.24) is 15.2 Å². The molecule has 2 amide bonds. The van der Waals surface area contributed by atoms with Crippen molar-refractivity contribution in [2.45, 2.75) is 38.8 Å². The Bertz CT molecular complexity index is 1040. The van der Waals surface area contributed by atoms with Crippen molar-refractivity contribution in [2.75, 3.05) is 6.54 Å². The Kier molecular flexibility index (Phi) is 4.58. The zero-order valence-corrected chi connectivity index (χ0v) is 15.9. The molecule has 0 unspecified atom stereocenters. The van der Waals surface area contributed by atoms with Crippen LogP contribution in [0.4, 0.5) is 4.79 Å². The molecular formula is C21H23N3O4. The number of nitrogens with one attached hydrogen (secondary N) is 2. The third-order valence-electron chi connectivity index (χ3n) is 5.28. The van der Waals surface area contributed by atoms with Crippen molar-refractivity contribution in [3.63, 3.8) is 0 Å². The van der Waals surface area contributed by atoms with Gasteiger partial charge in [0.1, 0.15) is 23.6 Å². The minimum absolute atomic E-state index is 0.240. The monoisotopic (exact) mass is 381 g/mol. The first-order valence-electron chi connectivity index (χ1n) is 9.52. The standard InChI is InChI=1S/C21H23N3O4/c1-3-12-9-10-17(28-12)19-18-14(13-7-5-6-8-15(13)23-18)11-16(20(25)26)24(19)21(27)22-4-2/h5-10,16,19,23H,3-4,11H2,1-2H3,(H,22,27)(H,25,26)/t16-,19-/m0/s1. The van der Waals surface area contributed by atoms with Gasteiger partial charge in [-0.25, -0.2) is 9.59 Å². The molecule has 1 aliphatic heterocycles. The summed E-state index contributed by atoms with van der Waals surface area (Å²) in [6.45, 7) is 4.20. The number of nitrogens with zero attached hydrogens (tertiary/aromatic N) is 1. The summed E-state index contributed by atoms with van der Waals surface area (Å²) in [6, 6.07) is 9.45. The fourth-order valence-corrected chi connectivity index (χ4v) is 4.00. The van der Waals surface area contributed by atoms with E-state index in [0.29, 0.717) is 12.3 Å². The van der Waals surface area contributed by atoms with Crippen molar-refractivity contribution in [1.29, 1.82) is 0 Å². The molecule has 1 aliphatic rings. The van der Waals surface area contributed by atoms with E-state index in [2.05, 4.69) is 10.3 Å². The molecule has 0 aliphatic carbocycles. The van der Waals surface area contributed by atoms with Gasteiger partial charge in [0.15, 0.2) is 0 Å². The molecule has 4 rings (SSSR count). The molecule has 0 saturated heterocycles. The second kappa shape index (κ2) is 7.07. The van der Waals surface area contributed by atoms with Crippen LogP contribution in [0.25, 0.3) is 10.9 Å². The fourth-order valence-electron chi connectivity index (χ4n) is 4.00. The number of aromatic amines is 1. The molecule has 0 saturated carbocycles. The largest absolute Gasteiger partial charge is 0.480 e. The van der Waals surface area contributed by atoms with Crippen molar-refractivity contribution in [2.24, 2.45) is 0 Å². The highest BCUT2D eigenvalue weighted by atomic mass is 16.4. The van der Waals surface area contributed by atoms with Crippen LogP contribution in [0.3, 0.4) is 0 Å². The highest BCUT2D eigenvalue weighted by molar-refractivity contribution is 5.90. The molecule has 7 heteroatoms.